The molecule has 0 atom stereocenters. The molecule has 16 heavy (non-hydrogen) atoms. The van der Waals surface area contributed by atoms with E-state index >= 15 is 0 Å². The van der Waals surface area contributed by atoms with Crippen LogP contribution in [0.5, 0.6) is 5.75 Å². The van der Waals surface area contributed by atoms with Gasteiger partial charge in [0, 0.05) is 24.1 Å². The minimum atomic E-state index is 0.471. The SMILES string of the molecule is NC(=S)CCOc1ccc2cccnc2c1. The highest BCUT2D eigenvalue weighted by atomic mass is 32.1. The second-order valence-electron chi connectivity index (χ2n) is 3.42. The lowest BCUT2D eigenvalue weighted by Gasteiger charge is -2.06. The zero-order valence-corrected chi connectivity index (χ0v) is 9.54. The number of fused-ring (bicyclic) bond motifs is 1. The summed E-state index contributed by atoms with van der Waals surface area (Å²) in [4.78, 5) is 4.73. The number of rotatable bonds is 4. The molecule has 2 rings (SSSR count). The molecule has 0 aliphatic carbocycles. The van der Waals surface area contributed by atoms with Crippen LogP contribution in [0.1, 0.15) is 6.42 Å². The molecule has 2 N–H and O–H groups in total. The number of aromatic nitrogens is 1. The van der Waals surface area contributed by atoms with Crippen LogP contribution < -0.4 is 10.5 Å². The Hall–Kier alpha value is -1.68. The third-order valence-corrected chi connectivity index (χ3v) is 2.40. The fourth-order valence-corrected chi connectivity index (χ4v) is 1.49. The average Bonchev–Trinajstić information content (AvgIpc) is 2.28. The molecule has 0 fully saturated rings. The molecule has 3 nitrogen and oxygen atoms in total. The maximum absolute atomic E-state index is 5.52. The predicted octanol–water partition coefficient (Wildman–Crippen LogP) is 2.29. The summed E-state index contributed by atoms with van der Waals surface area (Å²) >= 11 is 4.77. The van der Waals surface area contributed by atoms with Crippen molar-refractivity contribution in [1.82, 2.24) is 4.98 Å². The first kappa shape index (κ1) is 10.8. The van der Waals surface area contributed by atoms with Crippen molar-refractivity contribution in [3.05, 3.63) is 36.5 Å². The summed E-state index contributed by atoms with van der Waals surface area (Å²) in [5, 5.41) is 1.10. The number of benzene rings is 1. The molecule has 0 spiro atoms. The van der Waals surface area contributed by atoms with Gasteiger partial charge in [-0.1, -0.05) is 18.3 Å². The first-order valence-corrected chi connectivity index (χ1v) is 5.42. The predicted molar refractivity (Wildman–Crippen MR) is 68.6 cm³/mol. The van der Waals surface area contributed by atoms with E-state index in [4.69, 9.17) is 22.7 Å². The molecule has 0 unspecified atom stereocenters. The van der Waals surface area contributed by atoms with Crippen LogP contribution in [0.15, 0.2) is 36.5 Å². The van der Waals surface area contributed by atoms with Crippen molar-refractivity contribution in [2.45, 2.75) is 6.42 Å². The smallest absolute Gasteiger partial charge is 0.121 e. The number of pyridine rings is 1. The fraction of sp³-hybridized carbons (Fsp3) is 0.167. The first-order chi connectivity index (χ1) is 7.75. The van der Waals surface area contributed by atoms with Gasteiger partial charge in [-0.25, -0.2) is 0 Å². The number of ether oxygens (including phenoxy) is 1. The highest BCUT2D eigenvalue weighted by Gasteiger charge is 1.98. The van der Waals surface area contributed by atoms with Crippen LogP contribution in [-0.2, 0) is 0 Å². The maximum Gasteiger partial charge on any atom is 0.121 e. The lowest BCUT2D eigenvalue weighted by Crippen LogP contribution is -2.12. The average molecular weight is 232 g/mol. The Balaban J connectivity index is 2.10. The second kappa shape index (κ2) is 4.90. The summed E-state index contributed by atoms with van der Waals surface area (Å²) < 4.78 is 5.52. The third-order valence-electron chi connectivity index (χ3n) is 2.19. The van der Waals surface area contributed by atoms with Crippen LogP contribution in [0.3, 0.4) is 0 Å². The number of nitrogens with two attached hydrogens (primary N) is 1. The van der Waals surface area contributed by atoms with E-state index in [0.717, 1.165) is 16.7 Å². The van der Waals surface area contributed by atoms with E-state index in [1.165, 1.54) is 0 Å². The zero-order valence-electron chi connectivity index (χ0n) is 8.72. The number of hydrogen-bond acceptors (Lipinski definition) is 3. The van der Waals surface area contributed by atoms with Crippen LogP contribution >= 0.6 is 12.2 Å². The summed E-state index contributed by atoms with van der Waals surface area (Å²) in [6, 6.07) is 9.74. The molecule has 0 radical (unpaired) electrons. The highest BCUT2D eigenvalue weighted by Crippen LogP contribution is 2.18. The van der Waals surface area contributed by atoms with Crippen LogP contribution in [-0.4, -0.2) is 16.6 Å². The Morgan fingerprint density at radius 1 is 1.38 bits per heavy atom. The lowest BCUT2D eigenvalue weighted by molar-refractivity contribution is 0.330. The maximum atomic E-state index is 5.52. The van der Waals surface area contributed by atoms with Crippen molar-refractivity contribution in [2.24, 2.45) is 5.73 Å². The van der Waals surface area contributed by atoms with Crippen molar-refractivity contribution in [1.29, 1.82) is 0 Å². The van der Waals surface area contributed by atoms with Crippen LogP contribution in [0.2, 0.25) is 0 Å². The van der Waals surface area contributed by atoms with Crippen molar-refractivity contribution < 1.29 is 4.74 Å². The topological polar surface area (TPSA) is 48.1 Å². The van der Waals surface area contributed by atoms with E-state index in [1.807, 2.05) is 30.3 Å². The zero-order chi connectivity index (χ0) is 11.4. The van der Waals surface area contributed by atoms with E-state index in [2.05, 4.69) is 4.98 Å². The molecule has 4 heteroatoms. The van der Waals surface area contributed by atoms with E-state index in [-0.39, 0.29) is 0 Å². The van der Waals surface area contributed by atoms with E-state index < -0.39 is 0 Å². The van der Waals surface area contributed by atoms with Gasteiger partial charge in [0.05, 0.1) is 17.1 Å². The van der Waals surface area contributed by atoms with E-state index in [0.29, 0.717) is 18.0 Å². The van der Waals surface area contributed by atoms with Crippen LogP contribution in [0.25, 0.3) is 10.9 Å². The van der Waals surface area contributed by atoms with Gasteiger partial charge in [-0.2, -0.15) is 0 Å². The van der Waals surface area contributed by atoms with Crippen molar-refractivity contribution in [3.63, 3.8) is 0 Å². The van der Waals surface area contributed by atoms with Crippen molar-refractivity contribution in [3.8, 4) is 5.75 Å². The van der Waals surface area contributed by atoms with Gasteiger partial charge in [0.25, 0.3) is 0 Å². The second-order valence-corrected chi connectivity index (χ2v) is 3.95. The number of hydrogen-bond donors (Lipinski definition) is 1. The molecule has 0 aliphatic rings. The van der Waals surface area contributed by atoms with Gasteiger partial charge in [-0.05, 0) is 18.2 Å². The Bertz CT molecular complexity index is 513. The molecular weight excluding hydrogens is 220 g/mol. The lowest BCUT2D eigenvalue weighted by atomic mass is 10.2. The quantitative estimate of drug-likeness (QED) is 0.822. The molecule has 1 aromatic heterocycles. The molecule has 0 saturated carbocycles. The molecule has 0 bridgehead atoms. The van der Waals surface area contributed by atoms with Crippen LogP contribution in [0, 0.1) is 0 Å². The Labute approximate surface area is 99.2 Å². The molecule has 0 saturated heterocycles. The molecule has 0 aliphatic heterocycles. The summed E-state index contributed by atoms with van der Waals surface area (Å²) in [6.45, 7) is 0.508. The molecule has 1 heterocycles. The van der Waals surface area contributed by atoms with Gasteiger partial charge < -0.3 is 10.5 Å². The van der Waals surface area contributed by atoms with Gasteiger partial charge in [-0.15, -0.1) is 0 Å². The monoisotopic (exact) mass is 232 g/mol. The number of nitrogens with zero attached hydrogens (tertiary/aromatic N) is 1. The Morgan fingerprint density at radius 2 is 2.25 bits per heavy atom. The molecular formula is C12H12N2OS. The summed E-state index contributed by atoms with van der Waals surface area (Å²) in [6.07, 6.45) is 2.36. The minimum Gasteiger partial charge on any atom is -0.493 e. The Morgan fingerprint density at radius 3 is 3.06 bits per heavy atom. The molecule has 0 amide bonds. The standard InChI is InChI=1S/C12H12N2OS/c13-12(16)5-7-15-10-4-3-9-2-1-6-14-11(9)8-10/h1-4,6,8H,5,7H2,(H2,13,16). The van der Waals surface area contributed by atoms with Gasteiger partial charge >= 0.3 is 0 Å². The largest absolute Gasteiger partial charge is 0.493 e. The third kappa shape index (κ3) is 2.67. The molecule has 1 aromatic carbocycles. The Kier molecular flexibility index (Phi) is 3.31. The highest BCUT2D eigenvalue weighted by molar-refractivity contribution is 7.80. The van der Waals surface area contributed by atoms with Crippen molar-refractivity contribution >= 4 is 28.1 Å². The van der Waals surface area contributed by atoms with Gasteiger partial charge in [0.2, 0.25) is 0 Å². The normalized spacial score (nSPS) is 10.2. The van der Waals surface area contributed by atoms with Gasteiger partial charge in [0.15, 0.2) is 0 Å². The first-order valence-electron chi connectivity index (χ1n) is 5.01. The van der Waals surface area contributed by atoms with E-state index in [1.54, 1.807) is 6.20 Å². The summed E-state index contributed by atoms with van der Waals surface area (Å²) in [7, 11) is 0. The van der Waals surface area contributed by atoms with E-state index in [9.17, 15) is 0 Å². The van der Waals surface area contributed by atoms with Gasteiger partial charge in [-0.3, -0.25) is 4.98 Å². The summed E-state index contributed by atoms with van der Waals surface area (Å²) in [5.41, 5.74) is 6.31. The van der Waals surface area contributed by atoms with Crippen molar-refractivity contribution in [2.75, 3.05) is 6.61 Å². The molecule has 82 valence electrons. The molecule has 2 aromatic rings. The minimum absolute atomic E-state index is 0.471. The fourth-order valence-electron chi connectivity index (χ4n) is 1.41. The van der Waals surface area contributed by atoms with Crippen LogP contribution in [0.4, 0.5) is 0 Å². The number of thiocarbonyl (C=S) groups is 1. The van der Waals surface area contributed by atoms with Gasteiger partial charge in [0.1, 0.15) is 5.75 Å². The summed E-state index contributed by atoms with van der Waals surface area (Å²) in [5.74, 6) is 0.794.